The third-order valence-corrected chi connectivity index (χ3v) is 9.08. The molecule has 6 atom stereocenters. The molecule has 1 aliphatic heterocycles. The van der Waals surface area contributed by atoms with Crippen LogP contribution in [0.5, 0.6) is 0 Å². The van der Waals surface area contributed by atoms with E-state index in [4.69, 9.17) is 14.2 Å². The molecule has 7 rings (SSSR count). The highest BCUT2D eigenvalue weighted by atomic mass is 16.6. The summed E-state index contributed by atoms with van der Waals surface area (Å²) >= 11 is 0. The fraction of sp³-hybridized carbons (Fsp3) is 0.731. The topological polar surface area (TPSA) is 99.1 Å². The second kappa shape index (κ2) is 7.97. The number of ether oxygens (including phenoxy) is 3. The van der Waals surface area contributed by atoms with Gasteiger partial charge in [-0.3, -0.25) is 4.79 Å². The van der Waals surface area contributed by atoms with Gasteiger partial charge in [0, 0.05) is 24.0 Å². The Labute approximate surface area is 194 Å². The van der Waals surface area contributed by atoms with Crippen LogP contribution in [0.1, 0.15) is 64.2 Å². The summed E-state index contributed by atoms with van der Waals surface area (Å²) in [6, 6.07) is 0. The van der Waals surface area contributed by atoms with Gasteiger partial charge in [0.25, 0.3) is 0 Å². The van der Waals surface area contributed by atoms with Gasteiger partial charge in [-0.2, -0.15) is 0 Å². The van der Waals surface area contributed by atoms with Gasteiger partial charge >= 0.3 is 17.9 Å². The number of fused-ring (bicyclic) bond motifs is 3. The second-order valence-corrected chi connectivity index (χ2v) is 11.5. The molecule has 0 amide bonds. The van der Waals surface area contributed by atoms with E-state index >= 15 is 0 Å². The Kier molecular flexibility index (Phi) is 5.46. The van der Waals surface area contributed by atoms with Crippen LogP contribution < -0.4 is 0 Å². The van der Waals surface area contributed by atoms with E-state index in [1.165, 1.54) is 18.6 Å². The Balaban J connectivity index is 0.000000139. The summed E-state index contributed by atoms with van der Waals surface area (Å²) in [6.45, 7) is 7.41. The summed E-state index contributed by atoms with van der Waals surface area (Å²) in [7, 11) is 0. The predicted octanol–water partition coefficient (Wildman–Crippen LogP) is 3.25. The highest BCUT2D eigenvalue weighted by molar-refractivity contribution is 5.82. The average molecular weight is 459 g/mol. The molecular formula is C26H34O7. The molecule has 1 spiro atoms. The van der Waals surface area contributed by atoms with Crippen LogP contribution in [0, 0.1) is 29.1 Å². The van der Waals surface area contributed by atoms with Crippen molar-refractivity contribution < 1.29 is 33.7 Å². The van der Waals surface area contributed by atoms with Crippen molar-refractivity contribution in [3.63, 3.8) is 0 Å². The summed E-state index contributed by atoms with van der Waals surface area (Å²) < 4.78 is 16.0. The maximum absolute atomic E-state index is 11.4. The van der Waals surface area contributed by atoms with Crippen molar-refractivity contribution in [1.29, 1.82) is 0 Å². The third-order valence-electron chi connectivity index (χ3n) is 9.08. The van der Waals surface area contributed by atoms with Crippen molar-refractivity contribution in [3.8, 4) is 0 Å². The maximum atomic E-state index is 11.4. The van der Waals surface area contributed by atoms with E-state index in [0.29, 0.717) is 43.1 Å². The average Bonchev–Trinajstić information content (AvgIpc) is 3.40. The van der Waals surface area contributed by atoms with Crippen LogP contribution in [0.3, 0.4) is 0 Å². The lowest BCUT2D eigenvalue weighted by atomic mass is 9.52. The highest BCUT2D eigenvalue weighted by Gasteiger charge is 2.60. The van der Waals surface area contributed by atoms with Crippen molar-refractivity contribution >= 4 is 17.9 Å². The molecule has 7 heteroatoms. The Morgan fingerprint density at radius 3 is 2.21 bits per heavy atom. The van der Waals surface area contributed by atoms with Crippen molar-refractivity contribution in [2.24, 2.45) is 29.1 Å². The molecule has 1 heterocycles. The first-order valence-electron chi connectivity index (χ1n) is 12.2. The molecule has 6 unspecified atom stereocenters. The molecular weight excluding hydrogens is 424 g/mol. The van der Waals surface area contributed by atoms with E-state index < -0.39 is 5.60 Å². The van der Waals surface area contributed by atoms with Crippen LogP contribution in [-0.4, -0.2) is 46.9 Å². The zero-order chi connectivity index (χ0) is 23.4. The van der Waals surface area contributed by atoms with E-state index in [1.807, 2.05) is 0 Å². The molecule has 6 saturated carbocycles. The lowest BCUT2D eigenvalue weighted by Crippen LogP contribution is -2.60. The van der Waals surface area contributed by atoms with Crippen LogP contribution >= 0.6 is 0 Å². The molecule has 0 radical (unpaired) electrons. The molecule has 7 fully saturated rings. The largest absolute Gasteiger partial charge is 0.465 e. The number of esters is 3. The summed E-state index contributed by atoms with van der Waals surface area (Å²) in [6.07, 6.45) is 11.4. The number of carbonyl (C=O) groups is 3. The Morgan fingerprint density at radius 1 is 1.00 bits per heavy atom. The minimum absolute atomic E-state index is 0.0202. The molecule has 7 nitrogen and oxygen atoms in total. The van der Waals surface area contributed by atoms with Gasteiger partial charge in [0.2, 0.25) is 0 Å². The fourth-order valence-electron chi connectivity index (χ4n) is 8.34. The fourth-order valence-corrected chi connectivity index (χ4v) is 8.34. The van der Waals surface area contributed by atoms with Gasteiger partial charge < -0.3 is 19.3 Å². The summed E-state index contributed by atoms with van der Waals surface area (Å²) in [4.78, 5) is 33.8. The van der Waals surface area contributed by atoms with Gasteiger partial charge in [-0.15, -0.1) is 0 Å². The Morgan fingerprint density at radius 2 is 1.70 bits per heavy atom. The van der Waals surface area contributed by atoms with Gasteiger partial charge in [-0.1, -0.05) is 13.2 Å². The van der Waals surface area contributed by atoms with Crippen LogP contribution in [0.2, 0.25) is 0 Å². The van der Waals surface area contributed by atoms with Crippen molar-refractivity contribution in [2.45, 2.75) is 81.5 Å². The van der Waals surface area contributed by atoms with E-state index in [2.05, 4.69) is 13.2 Å². The third kappa shape index (κ3) is 4.13. The first-order chi connectivity index (χ1) is 15.7. The quantitative estimate of drug-likeness (QED) is 0.392. The Bertz CT molecular complexity index is 864. The standard InChI is InChI=1S/C13H16O4.C13H18O3/c1-2-11(14)17-10-4-9-3-8(10)5-13(9)6-12(15)16-7-13;1-2-11(14)16-13-6-9-3-10(7-13)5-12(15,4-9)8-13/h2,8-10H,1,3-7H2;2,9-10,15H,1,3-8H2. The van der Waals surface area contributed by atoms with Crippen LogP contribution in [-0.2, 0) is 28.6 Å². The number of carbonyl (C=O) groups excluding carboxylic acids is 3. The minimum atomic E-state index is -0.564. The molecule has 33 heavy (non-hydrogen) atoms. The smallest absolute Gasteiger partial charge is 0.330 e. The lowest BCUT2D eigenvalue weighted by molar-refractivity contribution is -0.216. The SMILES string of the molecule is C=CC(=O)OC12CC3CC(CC(O)(C3)C1)C2.C=CC(=O)OC1CC2CC1CC21COC(=O)C1. The molecule has 180 valence electrons. The van der Waals surface area contributed by atoms with E-state index in [0.717, 1.165) is 44.9 Å². The molecule has 6 aliphatic carbocycles. The van der Waals surface area contributed by atoms with Crippen LogP contribution in [0.4, 0.5) is 0 Å². The first-order valence-corrected chi connectivity index (χ1v) is 12.2. The normalized spacial score (nSPS) is 45.8. The maximum Gasteiger partial charge on any atom is 0.330 e. The van der Waals surface area contributed by atoms with E-state index in [9.17, 15) is 19.5 Å². The van der Waals surface area contributed by atoms with Gasteiger partial charge in [-0.05, 0) is 75.0 Å². The van der Waals surface area contributed by atoms with Crippen molar-refractivity contribution in [3.05, 3.63) is 25.3 Å². The number of rotatable bonds is 4. The van der Waals surface area contributed by atoms with Crippen molar-refractivity contribution in [2.75, 3.05) is 6.61 Å². The number of aliphatic hydroxyl groups is 1. The molecule has 6 bridgehead atoms. The Hall–Kier alpha value is -2.15. The summed E-state index contributed by atoms with van der Waals surface area (Å²) in [5, 5.41) is 10.4. The highest BCUT2D eigenvalue weighted by Crippen LogP contribution is 2.60. The molecule has 1 N–H and O–H groups in total. The zero-order valence-corrected chi connectivity index (χ0v) is 19.1. The first kappa shape index (κ1) is 22.6. The summed E-state index contributed by atoms with van der Waals surface area (Å²) in [5.74, 6) is 1.21. The van der Waals surface area contributed by atoms with E-state index in [-0.39, 0.29) is 35.0 Å². The van der Waals surface area contributed by atoms with Crippen molar-refractivity contribution in [1.82, 2.24) is 0 Å². The minimum Gasteiger partial charge on any atom is -0.465 e. The van der Waals surface area contributed by atoms with Gasteiger partial charge in [0.05, 0.1) is 18.6 Å². The second-order valence-electron chi connectivity index (χ2n) is 11.5. The number of hydrogen-bond acceptors (Lipinski definition) is 7. The van der Waals surface area contributed by atoms with Gasteiger partial charge in [-0.25, -0.2) is 9.59 Å². The summed E-state index contributed by atoms with van der Waals surface area (Å²) in [5.41, 5.74) is -0.894. The predicted molar refractivity (Wildman–Crippen MR) is 118 cm³/mol. The molecule has 0 aromatic carbocycles. The van der Waals surface area contributed by atoms with Crippen LogP contribution in [0.25, 0.3) is 0 Å². The van der Waals surface area contributed by atoms with Crippen LogP contribution in [0.15, 0.2) is 25.3 Å². The molecule has 1 saturated heterocycles. The number of cyclic esters (lactones) is 1. The molecule has 0 aromatic heterocycles. The molecule has 0 aromatic rings. The zero-order valence-electron chi connectivity index (χ0n) is 19.1. The van der Waals surface area contributed by atoms with E-state index in [1.54, 1.807) is 0 Å². The lowest BCUT2D eigenvalue weighted by Gasteiger charge is -2.59. The van der Waals surface area contributed by atoms with Gasteiger partial charge in [0.1, 0.15) is 11.7 Å². The number of hydrogen-bond donors (Lipinski definition) is 1. The molecule has 7 aliphatic rings. The monoisotopic (exact) mass is 458 g/mol. The van der Waals surface area contributed by atoms with Gasteiger partial charge in [0.15, 0.2) is 0 Å².